The van der Waals surface area contributed by atoms with Crippen molar-refractivity contribution in [1.82, 2.24) is 0 Å². The number of anilines is 2. The lowest BCUT2D eigenvalue weighted by molar-refractivity contribution is -0.148. The van der Waals surface area contributed by atoms with Crippen LogP contribution in [0.15, 0.2) is 60.7 Å². The van der Waals surface area contributed by atoms with Crippen LogP contribution in [0.5, 0.6) is 0 Å². The maximum atomic E-state index is 12.0. The summed E-state index contributed by atoms with van der Waals surface area (Å²) < 4.78 is 9.73. The van der Waals surface area contributed by atoms with E-state index in [9.17, 15) is 9.59 Å². The Morgan fingerprint density at radius 3 is 2.04 bits per heavy atom. The van der Waals surface area contributed by atoms with Crippen molar-refractivity contribution in [3.63, 3.8) is 0 Å². The first kappa shape index (κ1) is 18.8. The summed E-state index contributed by atoms with van der Waals surface area (Å²) in [5.74, 6) is -0.693. The van der Waals surface area contributed by atoms with Crippen molar-refractivity contribution >= 4 is 36.0 Å². The number of rotatable bonds is 8. The van der Waals surface area contributed by atoms with Crippen molar-refractivity contribution in [3.8, 4) is 0 Å². The third-order valence-electron chi connectivity index (χ3n) is 3.38. The highest BCUT2D eigenvalue weighted by atomic mass is 16.6. The summed E-state index contributed by atoms with van der Waals surface area (Å²) in [6, 6.07) is 14.2. The molecule has 1 radical (unpaired) electrons. The first-order chi connectivity index (χ1) is 12.6. The summed E-state index contributed by atoms with van der Waals surface area (Å²) in [4.78, 5) is 22.5. The Bertz CT molecular complexity index is 780. The summed E-state index contributed by atoms with van der Waals surface area (Å²) in [6.45, 7) is 1.30. The number of carbonyl (C=O) groups is 1. The van der Waals surface area contributed by atoms with Crippen molar-refractivity contribution in [2.24, 2.45) is 0 Å². The van der Waals surface area contributed by atoms with E-state index in [1.54, 1.807) is 54.6 Å². The van der Waals surface area contributed by atoms with Crippen LogP contribution < -0.4 is 11.5 Å². The van der Waals surface area contributed by atoms with Gasteiger partial charge >= 0.3 is 12.4 Å². The molecule has 0 amide bonds. The zero-order chi connectivity index (χ0) is 18.8. The highest BCUT2D eigenvalue weighted by Crippen LogP contribution is 2.09. The van der Waals surface area contributed by atoms with Gasteiger partial charge in [-0.05, 0) is 47.5 Å². The molecule has 2 aromatic carbocycles. The molecule has 26 heavy (non-hydrogen) atoms. The van der Waals surface area contributed by atoms with E-state index in [2.05, 4.69) is 4.74 Å². The Hall–Kier alpha value is -3.54. The van der Waals surface area contributed by atoms with Crippen molar-refractivity contribution in [1.29, 1.82) is 0 Å². The molecule has 6 nitrogen and oxygen atoms in total. The van der Waals surface area contributed by atoms with Crippen LogP contribution in [0.3, 0.4) is 0 Å². The molecule has 0 aliphatic heterocycles. The number of nitrogen functional groups attached to an aromatic ring is 2. The van der Waals surface area contributed by atoms with Gasteiger partial charge in [-0.25, -0.2) is 9.59 Å². The van der Waals surface area contributed by atoms with Crippen molar-refractivity contribution in [2.75, 3.05) is 18.1 Å². The SMILES string of the molecule is Nc1ccc(C=CCOC(=O)C(C=Cc2ccc(N)cc2)O[C]=O)cc1. The molecule has 0 saturated heterocycles. The minimum Gasteiger partial charge on any atom is -0.458 e. The van der Waals surface area contributed by atoms with E-state index in [-0.39, 0.29) is 6.61 Å². The summed E-state index contributed by atoms with van der Waals surface area (Å²) in [7, 11) is 0. The molecule has 0 heterocycles. The van der Waals surface area contributed by atoms with Gasteiger partial charge in [-0.3, -0.25) is 0 Å². The van der Waals surface area contributed by atoms with E-state index in [1.165, 1.54) is 12.5 Å². The molecule has 1 unspecified atom stereocenters. The number of ether oxygens (including phenoxy) is 2. The van der Waals surface area contributed by atoms with Crippen molar-refractivity contribution in [2.45, 2.75) is 6.10 Å². The van der Waals surface area contributed by atoms with Gasteiger partial charge in [-0.15, -0.1) is 0 Å². The zero-order valence-corrected chi connectivity index (χ0v) is 14.0. The maximum Gasteiger partial charge on any atom is 0.418 e. The Labute approximate surface area is 151 Å². The molecule has 0 bridgehead atoms. The van der Waals surface area contributed by atoms with Gasteiger partial charge in [0.05, 0.1) is 0 Å². The van der Waals surface area contributed by atoms with Crippen LogP contribution in [0, 0.1) is 0 Å². The van der Waals surface area contributed by atoms with E-state index in [1.807, 2.05) is 12.1 Å². The molecule has 0 aliphatic carbocycles. The van der Waals surface area contributed by atoms with Crippen LogP contribution in [0.4, 0.5) is 11.4 Å². The van der Waals surface area contributed by atoms with Crippen LogP contribution in [0.1, 0.15) is 11.1 Å². The van der Waals surface area contributed by atoms with Crippen LogP contribution in [0.25, 0.3) is 12.2 Å². The highest BCUT2D eigenvalue weighted by molar-refractivity contribution is 5.79. The first-order valence-corrected chi connectivity index (χ1v) is 7.84. The van der Waals surface area contributed by atoms with E-state index >= 15 is 0 Å². The van der Waals surface area contributed by atoms with Gasteiger partial charge in [0.25, 0.3) is 0 Å². The molecule has 1 atom stereocenters. The summed E-state index contributed by atoms with van der Waals surface area (Å²) in [5, 5.41) is 0. The predicted molar refractivity (Wildman–Crippen MR) is 101 cm³/mol. The lowest BCUT2D eigenvalue weighted by Gasteiger charge is -2.09. The third-order valence-corrected chi connectivity index (χ3v) is 3.38. The van der Waals surface area contributed by atoms with E-state index in [0.29, 0.717) is 11.4 Å². The summed E-state index contributed by atoms with van der Waals surface area (Å²) >= 11 is 0. The van der Waals surface area contributed by atoms with Crippen LogP contribution in [-0.4, -0.2) is 25.2 Å². The van der Waals surface area contributed by atoms with Gasteiger partial charge < -0.3 is 20.9 Å². The van der Waals surface area contributed by atoms with Gasteiger partial charge in [0.15, 0.2) is 0 Å². The van der Waals surface area contributed by atoms with E-state index in [4.69, 9.17) is 16.2 Å². The molecule has 0 saturated carbocycles. The molecule has 133 valence electrons. The molecule has 2 rings (SSSR count). The molecule has 0 aromatic heterocycles. The minimum absolute atomic E-state index is 0.0393. The molecule has 2 aromatic rings. The maximum absolute atomic E-state index is 12.0. The molecule has 6 heteroatoms. The number of esters is 1. The van der Waals surface area contributed by atoms with Crippen molar-refractivity contribution in [3.05, 3.63) is 71.8 Å². The van der Waals surface area contributed by atoms with E-state index < -0.39 is 12.1 Å². The lowest BCUT2D eigenvalue weighted by atomic mass is 10.1. The number of hydrogen-bond acceptors (Lipinski definition) is 6. The Kier molecular flexibility index (Phi) is 7.00. The molecule has 4 N–H and O–H groups in total. The largest absolute Gasteiger partial charge is 0.458 e. The molecular weight excluding hydrogens is 332 g/mol. The van der Waals surface area contributed by atoms with Gasteiger partial charge in [-0.2, -0.15) is 0 Å². The number of nitrogens with two attached hydrogens (primary N) is 2. The van der Waals surface area contributed by atoms with Crippen LogP contribution >= 0.6 is 0 Å². The van der Waals surface area contributed by atoms with Gasteiger partial charge in [0.2, 0.25) is 6.10 Å². The van der Waals surface area contributed by atoms with Gasteiger partial charge in [0, 0.05) is 11.4 Å². The smallest absolute Gasteiger partial charge is 0.418 e. The van der Waals surface area contributed by atoms with Crippen LogP contribution in [-0.2, 0) is 19.1 Å². The Morgan fingerprint density at radius 1 is 0.962 bits per heavy atom. The molecule has 0 aliphatic rings. The van der Waals surface area contributed by atoms with Crippen LogP contribution in [0.2, 0.25) is 0 Å². The van der Waals surface area contributed by atoms with E-state index in [0.717, 1.165) is 11.1 Å². The average molecular weight is 351 g/mol. The normalized spacial score (nSPS) is 12.2. The molecular formula is C20H19N2O4. The molecule has 0 spiro atoms. The lowest BCUT2D eigenvalue weighted by Crippen LogP contribution is -2.24. The quantitative estimate of drug-likeness (QED) is 0.559. The topological polar surface area (TPSA) is 105 Å². The fraction of sp³-hybridized carbons (Fsp3) is 0.100. The summed E-state index contributed by atoms with van der Waals surface area (Å²) in [5.41, 5.74) is 14.2. The number of benzene rings is 2. The standard InChI is InChI=1S/C20H19N2O4/c21-17-8-3-15(4-9-17)2-1-13-25-20(24)19(26-14-23)12-7-16-5-10-18(22)11-6-16/h1-12,19H,13,21-22H2. The summed E-state index contributed by atoms with van der Waals surface area (Å²) in [6.07, 6.45) is 5.35. The van der Waals surface area contributed by atoms with Gasteiger partial charge in [-0.1, -0.05) is 36.4 Å². The fourth-order valence-electron chi connectivity index (χ4n) is 2.03. The third kappa shape index (κ3) is 6.16. The van der Waals surface area contributed by atoms with Gasteiger partial charge in [0.1, 0.15) is 6.61 Å². The Balaban J connectivity index is 1.89. The average Bonchev–Trinajstić information content (AvgIpc) is 2.65. The fourth-order valence-corrected chi connectivity index (χ4v) is 2.03. The number of carbonyl (C=O) groups excluding carboxylic acids is 2. The second-order valence-corrected chi connectivity index (χ2v) is 5.35. The zero-order valence-electron chi connectivity index (χ0n) is 14.0. The Morgan fingerprint density at radius 2 is 1.50 bits per heavy atom. The second kappa shape index (κ2) is 9.68. The monoisotopic (exact) mass is 351 g/mol. The number of hydrogen-bond donors (Lipinski definition) is 2. The van der Waals surface area contributed by atoms with Crippen molar-refractivity contribution < 1.29 is 19.1 Å². The minimum atomic E-state index is -1.17. The second-order valence-electron chi connectivity index (χ2n) is 5.35. The highest BCUT2D eigenvalue weighted by Gasteiger charge is 2.18. The molecule has 0 fully saturated rings. The first-order valence-electron chi connectivity index (χ1n) is 7.84. The predicted octanol–water partition coefficient (Wildman–Crippen LogP) is 2.57.